The van der Waals surface area contributed by atoms with E-state index in [-0.39, 0.29) is 0 Å². The normalized spacial score (nSPS) is 28.9. The number of rotatable bonds is 5. The standard InChI is InChI=1S/C17H17N3O4/c1-23-10-3-4-16(24-2)11(5-10)17-12(6-18)14(8-21)20-15(9-22)13(17)7-19/h3-5,8-9,12-15,17,20H,1-2H3/t12-,13-,14-,15+,17?/m0/s1. The van der Waals surface area contributed by atoms with Crippen LogP contribution in [0, 0.1) is 34.5 Å². The van der Waals surface area contributed by atoms with E-state index >= 15 is 0 Å². The molecule has 0 bridgehead atoms. The van der Waals surface area contributed by atoms with Crippen LogP contribution in [-0.4, -0.2) is 38.9 Å². The smallest absolute Gasteiger partial charge is 0.138 e. The third-order valence-electron chi connectivity index (χ3n) is 4.32. The Bertz CT molecular complexity index is 675. The first-order chi connectivity index (χ1) is 11.6. The highest BCUT2D eigenvalue weighted by Gasteiger charge is 2.46. The zero-order chi connectivity index (χ0) is 17.7. The number of methoxy groups -OCH3 is 2. The topological polar surface area (TPSA) is 112 Å². The van der Waals surface area contributed by atoms with E-state index in [1.54, 1.807) is 18.2 Å². The summed E-state index contributed by atoms with van der Waals surface area (Å²) in [6.45, 7) is 0. The van der Waals surface area contributed by atoms with Gasteiger partial charge in [0.2, 0.25) is 0 Å². The SMILES string of the molecule is COc1ccc(OC)c(C2[C@@H](C#N)[C@H](C=O)N[C@H](C=O)[C@@H]2C#N)c1. The molecule has 2 rings (SSSR count). The molecule has 1 unspecified atom stereocenters. The number of piperidine rings is 1. The summed E-state index contributed by atoms with van der Waals surface area (Å²) in [4.78, 5) is 22.7. The monoisotopic (exact) mass is 327 g/mol. The molecule has 1 aromatic carbocycles. The van der Waals surface area contributed by atoms with Crippen molar-refractivity contribution in [3.8, 4) is 23.6 Å². The van der Waals surface area contributed by atoms with Crippen molar-refractivity contribution in [1.29, 1.82) is 10.5 Å². The van der Waals surface area contributed by atoms with Gasteiger partial charge in [-0.15, -0.1) is 0 Å². The molecule has 1 aliphatic heterocycles. The van der Waals surface area contributed by atoms with Crippen molar-refractivity contribution in [3.63, 3.8) is 0 Å². The van der Waals surface area contributed by atoms with E-state index < -0.39 is 29.8 Å². The predicted molar refractivity (Wildman–Crippen MR) is 83.3 cm³/mol. The molecule has 7 heteroatoms. The second-order valence-electron chi connectivity index (χ2n) is 5.43. The minimum Gasteiger partial charge on any atom is -0.497 e. The highest BCUT2D eigenvalue weighted by molar-refractivity contribution is 5.67. The number of hydrogen-bond acceptors (Lipinski definition) is 7. The van der Waals surface area contributed by atoms with Crippen LogP contribution in [-0.2, 0) is 9.59 Å². The molecule has 1 N–H and O–H groups in total. The van der Waals surface area contributed by atoms with Gasteiger partial charge in [0.25, 0.3) is 0 Å². The van der Waals surface area contributed by atoms with Crippen LogP contribution in [0.15, 0.2) is 18.2 Å². The largest absolute Gasteiger partial charge is 0.497 e. The maximum absolute atomic E-state index is 11.4. The highest BCUT2D eigenvalue weighted by atomic mass is 16.5. The fourth-order valence-corrected chi connectivity index (χ4v) is 3.16. The van der Waals surface area contributed by atoms with E-state index in [0.717, 1.165) is 0 Å². The molecule has 0 aromatic heterocycles. The number of ether oxygens (including phenoxy) is 2. The fourth-order valence-electron chi connectivity index (χ4n) is 3.16. The highest BCUT2D eigenvalue weighted by Crippen LogP contribution is 2.43. The number of nitriles is 2. The number of carbonyl (C=O) groups is 2. The maximum Gasteiger partial charge on any atom is 0.138 e. The number of hydrogen-bond donors (Lipinski definition) is 1. The number of nitrogens with zero attached hydrogens (tertiary/aromatic N) is 2. The summed E-state index contributed by atoms with van der Waals surface area (Å²) < 4.78 is 10.6. The maximum atomic E-state index is 11.4. The van der Waals surface area contributed by atoms with E-state index in [4.69, 9.17) is 9.47 Å². The molecule has 1 aromatic rings. The van der Waals surface area contributed by atoms with Gasteiger partial charge in [-0.1, -0.05) is 0 Å². The first-order valence-electron chi connectivity index (χ1n) is 7.32. The summed E-state index contributed by atoms with van der Waals surface area (Å²) in [5.41, 5.74) is 0.565. The molecule has 5 atom stereocenters. The van der Waals surface area contributed by atoms with Crippen LogP contribution in [0.2, 0.25) is 0 Å². The Morgan fingerprint density at radius 1 is 1.04 bits per heavy atom. The summed E-state index contributed by atoms with van der Waals surface area (Å²) in [6, 6.07) is 7.53. The van der Waals surface area contributed by atoms with Gasteiger partial charge in [-0.25, -0.2) is 0 Å². The average Bonchev–Trinajstić information content (AvgIpc) is 2.65. The Labute approximate surface area is 139 Å². The van der Waals surface area contributed by atoms with Gasteiger partial charge in [0.05, 0.1) is 50.3 Å². The van der Waals surface area contributed by atoms with Gasteiger partial charge in [-0.2, -0.15) is 10.5 Å². The van der Waals surface area contributed by atoms with Crippen LogP contribution in [0.4, 0.5) is 0 Å². The molecule has 24 heavy (non-hydrogen) atoms. The summed E-state index contributed by atoms with van der Waals surface area (Å²) in [6.07, 6.45) is 1.19. The van der Waals surface area contributed by atoms with Crippen LogP contribution in [0.5, 0.6) is 11.5 Å². The van der Waals surface area contributed by atoms with Crippen molar-refractivity contribution in [3.05, 3.63) is 23.8 Å². The molecule has 1 fully saturated rings. The molecule has 0 aliphatic carbocycles. The molecule has 0 amide bonds. The van der Waals surface area contributed by atoms with Crippen LogP contribution < -0.4 is 14.8 Å². The lowest BCUT2D eigenvalue weighted by Gasteiger charge is -2.39. The van der Waals surface area contributed by atoms with Gasteiger partial charge >= 0.3 is 0 Å². The van der Waals surface area contributed by atoms with Gasteiger partial charge in [0.15, 0.2) is 0 Å². The lowest BCUT2D eigenvalue weighted by molar-refractivity contribution is -0.114. The Morgan fingerprint density at radius 3 is 2.04 bits per heavy atom. The van der Waals surface area contributed by atoms with Gasteiger partial charge in [0.1, 0.15) is 24.1 Å². The Hall–Kier alpha value is -2.90. The fraction of sp³-hybridized carbons (Fsp3) is 0.412. The zero-order valence-corrected chi connectivity index (χ0v) is 13.3. The van der Waals surface area contributed by atoms with E-state index in [2.05, 4.69) is 17.5 Å². The minimum absolute atomic E-state index is 0.470. The number of benzene rings is 1. The molecule has 1 aliphatic rings. The molecule has 0 spiro atoms. The Balaban J connectivity index is 2.65. The predicted octanol–water partition coefficient (Wildman–Crippen LogP) is 0.805. The summed E-state index contributed by atoms with van der Waals surface area (Å²) >= 11 is 0. The van der Waals surface area contributed by atoms with E-state index in [9.17, 15) is 20.1 Å². The van der Waals surface area contributed by atoms with Gasteiger partial charge < -0.3 is 19.1 Å². The lowest BCUT2D eigenvalue weighted by atomic mass is 9.69. The van der Waals surface area contributed by atoms with Crippen LogP contribution in [0.3, 0.4) is 0 Å². The summed E-state index contributed by atoms with van der Waals surface area (Å²) in [7, 11) is 2.98. The molecule has 0 radical (unpaired) electrons. The number of aldehydes is 2. The van der Waals surface area contributed by atoms with E-state index in [0.29, 0.717) is 29.6 Å². The third-order valence-corrected chi connectivity index (χ3v) is 4.32. The number of carbonyl (C=O) groups excluding carboxylic acids is 2. The van der Waals surface area contributed by atoms with Crippen molar-refractivity contribution in [2.45, 2.75) is 18.0 Å². The van der Waals surface area contributed by atoms with Gasteiger partial charge in [-0.3, -0.25) is 5.32 Å². The first-order valence-corrected chi connectivity index (χ1v) is 7.32. The molecule has 1 heterocycles. The van der Waals surface area contributed by atoms with Crippen molar-refractivity contribution in [2.24, 2.45) is 11.8 Å². The average molecular weight is 327 g/mol. The zero-order valence-electron chi connectivity index (χ0n) is 13.3. The molecular formula is C17H17N3O4. The molecule has 0 saturated carbocycles. The summed E-state index contributed by atoms with van der Waals surface area (Å²) in [5.74, 6) is -1.30. The minimum atomic E-state index is -0.851. The van der Waals surface area contributed by atoms with Crippen molar-refractivity contribution in [1.82, 2.24) is 5.32 Å². The Morgan fingerprint density at radius 2 is 1.62 bits per heavy atom. The second-order valence-corrected chi connectivity index (χ2v) is 5.43. The van der Waals surface area contributed by atoms with Crippen molar-refractivity contribution >= 4 is 12.6 Å². The van der Waals surface area contributed by atoms with Crippen molar-refractivity contribution < 1.29 is 19.1 Å². The van der Waals surface area contributed by atoms with Crippen molar-refractivity contribution in [2.75, 3.05) is 14.2 Å². The molecule has 1 saturated heterocycles. The van der Waals surface area contributed by atoms with Crippen LogP contribution in [0.1, 0.15) is 11.5 Å². The second kappa shape index (κ2) is 7.58. The summed E-state index contributed by atoms with van der Waals surface area (Å²) in [5, 5.41) is 21.9. The Kier molecular flexibility index (Phi) is 5.51. The van der Waals surface area contributed by atoms with Gasteiger partial charge in [0, 0.05) is 11.5 Å². The van der Waals surface area contributed by atoms with Crippen LogP contribution in [0.25, 0.3) is 0 Å². The van der Waals surface area contributed by atoms with E-state index in [1.807, 2.05) is 0 Å². The molecule has 7 nitrogen and oxygen atoms in total. The van der Waals surface area contributed by atoms with Gasteiger partial charge in [-0.05, 0) is 18.2 Å². The van der Waals surface area contributed by atoms with E-state index in [1.165, 1.54) is 14.2 Å². The lowest BCUT2D eigenvalue weighted by Crippen LogP contribution is -2.56. The quantitative estimate of drug-likeness (QED) is 0.796. The van der Waals surface area contributed by atoms with Crippen LogP contribution >= 0.6 is 0 Å². The molecule has 124 valence electrons. The first kappa shape index (κ1) is 17.5. The molecular weight excluding hydrogens is 310 g/mol. The third kappa shape index (κ3) is 2.94. The number of nitrogens with one attached hydrogen (secondary N) is 1.